The molecule has 0 saturated carbocycles. The van der Waals surface area contributed by atoms with Crippen LogP contribution >= 0.6 is 47.8 Å². The van der Waals surface area contributed by atoms with Crippen LogP contribution in [0.25, 0.3) is 0 Å². The Balaban J connectivity index is 4.35. The molecule has 0 fully saturated rings. The molecule has 0 amide bonds. The van der Waals surface area contributed by atoms with Crippen molar-refractivity contribution in [3.8, 4) is 0 Å². The lowest BCUT2D eigenvalue weighted by molar-refractivity contribution is -0.138. The molecule has 0 aliphatic heterocycles. The molecule has 0 spiro atoms. The first kappa shape index (κ1) is 12.4. The number of alkyl halides is 3. The molecule has 0 aromatic carbocycles. The van der Waals surface area contributed by atoms with Crippen LogP contribution in [0.4, 0.5) is 0 Å². The number of carboxylic acids is 2. The summed E-state index contributed by atoms with van der Waals surface area (Å²) in [7, 11) is 0. The van der Waals surface area contributed by atoms with Gasteiger partial charge in [0.05, 0.1) is 11.2 Å². The smallest absolute Gasteiger partial charge is 0.332 e. The van der Waals surface area contributed by atoms with Crippen LogP contribution in [0, 0.1) is 0 Å². The van der Waals surface area contributed by atoms with Gasteiger partial charge in [0.1, 0.15) is 0 Å². The molecule has 0 saturated heterocycles. The van der Waals surface area contributed by atoms with Crippen LogP contribution in [0.3, 0.4) is 0 Å². The fourth-order valence-electron chi connectivity index (χ4n) is 0.415. The topological polar surface area (TPSA) is 74.6 Å². The van der Waals surface area contributed by atoms with Crippen molar-refractivity contribution in [3.05, 3.63) is 0 Å². The van der Waals surface area contributed by atoms with Crippen molar-refractivity contribution in [3.63, 3.8) is 0 Å². The molecular weight excluding hydrogens is 364 g/mol. The molecule has 7 heteroatoms. The van der Waals surface area contributed by atoms with Gasteiger partial charge in [0, 0.05) is 0 Å². The molecule has 0 heterocycles. The number of carbonyl (C=O) groups is 2. The molecule has 0 rings (SSSR count). The van der Waals surface area contributed by atoms with E-state index in [4.69, 9.17) is 10.2 Å². The van der Waals surface area contributed by atoms with Crippen molar-refractivity contribution >= 4 is 59.7 Å². The third-order valence-corrected chi connectivity index (χ3v) is 5.06. The number of hydrogen-bond donors (Lipinski definition) is 2. The number of rotatable bonds is 4. The van der Waals surface area contributed by atoms with Gasteiger partial charge in [-0.1, -0.05) is 47.8 Å². The molecular formula is C5H5Br3O4. The zero-order valence-corrected chi connectivity index (χ0v) is 10.4. The van der Waals surface area contributed by atoms with Crippen molar-refractivity contribution in [1.82, 2.24) is 0 Å². The highest BCUT2D eigenvalue weighted by molar-refractivity contribution is 9.26. The Kier molecular flexibility index (Phi) is 4.71. The quantitative estimate of drug-likeness (QED) is 0.742. The summed E-state index contributed by atoms with van der Waals surface area (Å²) in [5.41, 5.74) is 0. The van der Waals surface area contributed by atoms with Gasteiger partial charge in [0.2, 0.25) is 0 Å². The van der Waals surface area contributed by atoms with Crippen LogP contribution in [0.5, 0.6) is 0 Å². The lowest BCUT2D eigenvalue weighted by atomic mass is 10.2. The Labute approximate surface area is 93.7 Å². The third-order valence-electron chi connectivity index (χ3n) is 1.03. The minimum absolute atomic E-state index is 0.289. The SMILES string of the molecule is O=C(O)CC(Br)C(Br)(Br)C(=O)O. The fourth-order valence-corrected chi connectivity index (χ4v) is 1.21. The van der Waals surface area contributed by atoms with Crippen molar-refractivity contribution in [1.29, 1.82) is 0 Å². The van der Waals surface area contributed by atoms with Crippen molar-refractivity contribution in [2.45, 2.75) is 14.5 Å². The minimum Gasteiger partial charge on any atom is -0.481 e. The molecule has 4 nitrogen and oxygen atoms in total. The van der Waals surface area contributed by atoms with Gasteiger partial charge < -0.3 is 10.2 Å². The molecule has 2 N–H and O–H groups in total. The Morgan fingerprint density at radius 2 is 1.75 bits per heavy atom. The van der Waals surface area contributed by atoms with E-state index in [0.29, 0.717) is 0 Å². The number of aliphatic carboxylic acids is 2. The zero-order chi connectivity index (χ0) is 9.94. The van der Waals surface area contributed by atoms with Crippen molar-refractivity contribution in [2.75, 3.05) is 0 Å². The lowest BCUT2D eigenvalue weighted by Crippen LogP contribution is -2.35. The second kappa shape index (κ2) is 4.57. The molecule has 1 atom stereocenters. The van der Waals surface area contributed by atoms with Gasteiger partial charge in [-0.15, -0.1) is 0 Å². The largest absolute Gasteiger partial charge is 0.481 e. The van der Waals surface area contributed by atoms with E-state index in [2.05, 4.69) is 47.8 Å². The van der Waals surface area contributed by atoms with Crippen LogP contribution in [-0.4, -0.2) is 30.2 Å². The van der Waals surface area contributed by atoms with E-state index in [0.717, 1.165) is 0 Å². The van der Waals surface area contributed by atoms with Crippen LogP contribution in [0.15, 0.2) is 0 Å². The van der Waals surface area contributed by atoms with E-state index >= 15 is 0 Å². The Morgan fingerprint density at radius 3 is 2.00 bits per heavy atom. The standard InChI is InChI=1S/C5H5Br3O4/c6-2(1-3(9)10)5(7,8)4(11)12/h2H,1H2,(H,9,10)(H,11,12). The van der Waals surface area contributed by atoms with Crippen molar-refractivity contribution < 1.29 is 19.8 Å². The molecule has 1 unspecified atom stereocenters. The lowest BCUT2D eigenvalue weighted by Gasteiger charge is -2.19. The van der Waals surface area contributed by atoms with Crippen LogP contribution in [0.2, 0.25) is 0 Å². The first-order valence-corrected chi connectivity index (χ1v) is 5.25. The summed E-state index contributed by atoms with van der Waals surface area (Å²) >= 11 is 8.64. The Hall–Kier alpha value is 0.380. The summed E-state index contributed by atoms with van der Waals surface area (Å²) in [5.74, 6) is -2.24. The predicted molar refractivity (Wildman–Crippen MR) is 53.2 cm³/mol. The Morgan fingerprint density at radius 1 is 1.33 bits per heavy atom. The summed E-state index contributed by atoms with van der Waals surface area (Å²) in [5, 5.41) is 17.0. The third kappa shape index (κ3) is 3.40. The maximum atomic E-state index is 10.5. The summed E-state index contributed by atoms with van der Waals surface area (Å²) in [4.78, 5) is 20.0. The second-order valence-electron chi connectivity index (χ2n) is 1.99. The highest BCUT2D eigenvalue weighted by Gasteiger charge is 2.40. The molecule has 0 aliphatic rings. The van der Waals surface area contributed by atoms with Crippen LogP contribution < -0.4 is 0 Å². The first-order chi connectivity index (χ1) is 5.28. The average molecular weight is 369 g/mol. The average Bonchev–Trinajstić information content (AvgIpc) is 1.85. The maximum Gasteiger partial charge on any atom is 0.332 e. The van der Waals surface area contributed by atoms with Gasteiger partial charge >= 0.3 is 11.9 Å². The number of hydrogen-bond acceptors (Lipinski definition) is 2. The van der Waals surface area contributed by atoms with Gasteiger partial charge in [-0.05, 0) is 0 Å². The molecule has 0 bridgehead atoms. The van der Waals surface area contributed by atoms with E-state index in [1.165, 1.54) is 0 Å². The molecule has 70 valence electrons. The molecule has 0 aromatic rings. The predicted octanol–water partition coefficient (Wildman–Crippen LogP) is 1.80. The van der Waals surface area contributed by atoms with Gasteiger partial charge in [0.15, 0.2) is 3.23 Å². The summed E-state index contributed by atoms with van der Waals surface area (Å²) < 4.78 is -1.43. The molecule has 0 aliphatic carbocycles. The Bertz CT molecular complexity index is 203. The molecule has 0 radical (unpaired) electrons. The number of carboxylic acid groups (broad SMARTS) is 2. The highest BCUT2D eigenvalue weighted by Crippen LogP contribution is 2.36. The van der Waals surface area contributed by atoms with Gasteiger partial charge in [-0.2, -0.15) is 0 Å². The van der Waals surface area contributed by atoms with E-state index in [-0.39, 0.29) is 6.42 Å². The normalized spacial score (nSPS) is 13.9. The highest BCUT2D eigenvalue weighted by atomic mass is 79.9. The molecule has 12 heavy (non-hydrogen) atoms. The van der Waals surface area contributed by atoms with E-state index in [1.54, 1.807) is 0 Å². The van der Waals surface area contributed by atoms with E-state index in [1.807, 2.05) is 0 Å². The van der Waals surface area contributed by atoms with Gasteiger partial charge in [-0.25, -0.2) is 4.79 Å². The van der Waals surface area contributed by atoms with Gasteiger partial charge in [0.25, 0.3) is 0 Å². The fraction of sp³-hybridized carbons (Fsp3) is 0.600. The summed E-state index contributed by atoms with van der Waals surface area (Å²) in [6.07, 6.45) is -0.289. The van der Waals surface area contributed by atoms with E-state index in [9.17, 15) is 9.59 Å². The van der Waals surface area contributed by atoms with Crippen molar-refractivity contribution in [2.24, 2.45) is 0 Å². The van der Waals surface area contributed by atoms with Crippen LogP contribution in [0.1, 0.15) is 6.42 Å². The summed E-state index contributed by atoms with van der Waals surface area (Å²) in [6, 6.07) is 0. The van der Waals surface area contributed by atoms with Crippen LogP contribution in [-0.2, 0) is 9.59 Å². The molecule has 0 aromatic heterocycles. The monoisotopic (exact) mass is 366 g/mol. The number of halogens is 3. The zero-order valence-electron chi connectivity index (χ0n) is 5.63. The van der Waals surface area contributed by atoms with Gasteiger partial charge in [-0.3, -0.25) is 4.79 Å². The van der Waals surface area contributed by atoms with E-state index < -0.39 is 20.0 Å². The minimum atomic E-state index is -1.43. The first-order valence-electron chi connectivity index (χ1n) is 2.75. The second-order valence-corrected chi connectivity index (χ2v) is 6.66. The maximum absolute atomic E-state index is 10.5. The summed E-state index contributed by atoms with van der Waals surface area (Å²) in [6.45, 7) is 0.